The highest BCUT2D eigenvalue weighted by atomic mass is 32.2. The van der Waals surface area contributed by atoms with Gasteiger partial charge < -0.3 is 5.11 Å². The number of benzene rings is 2. The van der Waals surface area contributed by atoms with Gasteiger partial charge in [-0.15, -0.1) is 0 Å². The number of aliphatic carboxylic acids is 1. The molecule has 0 radical (unpaired) electrons. The maximum absolute atomic E-state index is 12.3. The van der Waals surface area contributed by atoms with Gasteiger partial charge in [0.05, 0.1) is 4.75 Å². The highest BCUT2D eigenvalue weighted by Gasteiger charge is 2.51. The largest absolute Gasteiger partial charge is 0.480 e. The molecule has 0 heterocycles. The van der Waals surface area contributed by atoms with Crippen LogP contribution < -0.4 is 4.72 Å². The van der Waals surface area contributed by atoms with E-state index in [0.29, 0.717) is 12.8 Å². The summed E-state index contributed by atoms with van der Waals surface area (Å²) in [5.41, 5.74) is 0.819. The minimum absolute atomic E-state index is 0.117. The first-order chi connectivity index (χ1) is 10.8. The Kier molecular flexibility index (Phi) is 3.90. The fourth-order valence-corrected chi connectivity index (χ4v) is 4.13. The molecule has 2 aromatic rings. The molecule has 0 aliphatic heterocycles. The van der Waals surface area contributed by atoms with Crippen molar-refractivity contribution in [2.24, 2.45) is 0 Å². The lowest BCUT2D eigenvalue weighted by atomic mass is 9.99. The van der Waals surface area contributed by atoms with Gasteiger partial charge in [0.1, 0.15) is 6.04 Å². The molecule has 3 rings (SSSR count). The summed E-state index contributed by atoms with van der Waals surface area (Å²) in [6.07, 6.45) is 1.26. The summed E-state index contributed by atoms with van der Waals surface area (Å²) in [7, 11) is -3.64. The minimum atomic E-state index is -3.64. The van der Waals surface area contributed by atoms with Crippen LogP contribution in [0.3, 0.4) is 0 Å². The molecule has 6 heteroatoms. The van der Waals surface area contributed by atoms with Crippen LogP contribution in [0.5, 0.6) is 0 Å². The third kappa shape index (κ3) is 3.09. The third-order valence-corrected chi connectivity index (χ3v) is 6.80. The Morgan fingerprint density at radius 3 is 2.52 bits per heavy atom. The standard InChI is InChI=1S/C17H19NO4S/c1-17(9-10-17)23(21,22)18-15(16(19)20)11-13-7-4-6-12-5-2-3-8-14(12)13/h2-8,15,18H,9-11H2,1H3,(H,19,20)/t15-/m0/s1. The van der Waals surface area contributed by atoms with Gasteiger partial charge in [-0.3, -0.25) is 4.79 Å². The topological polar surface area (TPSA) is 83.5 Å². The molecular formula is C17H19NO4S. The second-order valence-corrected chi connectivity index (χ2v) is 8.53. The molecule has 1 aliphatic carbocycles. The van der Waals surface area contributed by atoms with Crippen molar-refractivity contribution >= 4 is 26.8 Å². The Hall–Kier alpha value is -1.92. The summed E-state index contributed by atoms with van der Waals surface area (Å²) in [6, 6.07) is 12.1. The first-order valence-corrected chi connectivity index (χ1v) is 9.02. The zero-order valence-corrected chi connectivity index (χ0v) is 13.6. The summed E-state index contributed by atoms with van der Waals surface area (Å²) >= 11 is 0. The molecule has 0 aromatic heterocycles. The molecule has 2 aromatic carbocycles. The fraction of sp³-hybridized carbons (Fsp3) is 0.353. The molecule has 0 spiro atoms. The van der Waals surface area contributed by atoms with Gasteiger partial charge in [-0.1, -0.05) is 42.5 Å². The molecule has 122 valence electrons. The Morgan fingerprint density at radius 2 is 1.87 bits per heavy atom. The van der Waals surface area contributed by atoms with Crippen molar-refractivity contribution in [3.63, 3.8) is 0 Å². The molecular weight excluding hydrogens is 314 g/mol. The Morgan fingerprint density at radius 1 is 1.22 bits per heavy atom. The van der Waals surface area contributed by atoms with Gasteiger partial charge in [0.25, 0.3) is 0 Å². The number of hydrogen-bond acceptors (Lipinski definition) is 3. The van der Waals surface area contributed by atoms with Gasteiger partial charge in [-0.2, -0.15) is 0 Å². The average molecular weight is 333 g/mol. The maximum atomic E-state index is 12.3. The number of hydrogen-bond donors (Lipinski definition) is 2. The van der Waals surface area contributed by atoms with Gasteiger partial charge in [-0.05, 0) is 36.1 Å². The van der Waals surface area contributed by atoms with E-state index in [4.69, 9.17) is 0 Å². The van der Waals surface area contributed by atoms with Crippen LogP contribution >= 0.6 is 0 Å². The Bertz CT molecular complexity index is 851. The van der Waals surface area contributed by atoms with Crippen LogP contribution in [0.1, 0.15) is 25.3 Å². The van der Waals surface area contributed by atoms with Crippen LogP contribution in [0.2, 0.25) is 0 Å². The van der Waals surface area contributed by atoms with E-state index in [9.17, 15) is 18.3 Å². The average Bonchev–Trinajstić information content (AvgIpc) is 3.26. The van der Waals surface area contributed by atoms with Crippen LogP contribution in [0, 0.1) is 0 Å². The lowest BCUT2D eigenvalue weighted by molar-refractivity contribution is -0.138. The van der Waals surface area contributed by atoms with Crippen molar-refractivity contribution < 1.29 is 18.3 Å². The monoisotopic (exact) mass is 333 g/mol. The Labute approximate surface area is 135 Å². The van der Waals surface area contributed by atoms with E-state index in [2.05, 4.69) is 4.72 Å². The summed E-state index contributed by atoms with van der Waals surface area (Å²) in [6.45, 7) is 1.64. The van der Waals surface area contributed by atoms with Gasteiger partial charge in [0.2, 0.25) is 10.0 Å². The van der Waals surface area contributed by atoms with Gasteiger partial charge in [0.15, 0.2) is 0 Å². The highest BCUT2D eigenvalue weighted by molar-refractivity contribution is 7.91. The highest BCUT2D eigenvalue weighted by Crippen LogP contribution is 2.42. The van der Waals surface area contributed by atoms with E-state index >= 15 is 0 Å². The van der Waals surface area contributed by atoms with Crippen LogP contribution in [-0.2, 0) is 21.2 Å². The van der Waals surface area contributed by atoms with E-state index in [1.54, 1.807) is 6.92 Å². The van der Waals surface area contributed by atoms with Crippen molar-refractivity contribution in [2.75, 3.05) is 0 Å². The van der Waals surface area contributed by atoms with Crippen molar-refractivity contribution in [2.45, 2.75) is 37.0 Å². The molecule has 2 N–H and O–H groups in total. The summed E-state index contributed by atoms with van der Waals surface area (Å²) < 4.78 is 26.2. The molecule has 0 unspecified atom stereocenters. The first-order valence-electron chi connectivity index (χ1n) is 7.54. The molecule has 1 fully saturated rings. The van der Waals surface area contributed by atoms with Gasteiger partial charge >= 0.3 is 5.97 Å². The molecule has 0 saturated heterocycles. The van der Waals surface area contributed by atoms with Gasteiger partial charge in [0, 0.05) is 6.42 Å². The van der Waals surface area contributed by atoms with Crippen LogP contribution in [0.15, 0.2) is 42.5 Å². The lowest BCUT2D eigenvalue weighted by Gasteiger charge is -2.19. The lowest BCUT2D eigenvalue weighted by Crippen LogP contribution is -2.46. The van der Waals surface area contributed by atoms with E-state index < -0.39 is 26.8 Å². The quantitative estimate of drug-likeness (QED) is 0.850. The molecule has 0 bridgehead atoms. The van der Waals surface area contributed by atoms with E-state index in [0.717, 1.165) is 16.3 Å². The smallest absolute Gasteiger partial charge is 0.322 e. The maximum Gasteiger partial charge on any atom is 0.322 e. The second kappa shape index (κ2) is 5.62. The molecule has 0 amide bonds. The number of carboxylic acid groups (broad SMARTS) is 1. The number of sulfonamides is 1. The number of fused-ring (bicyclic) bond motifs is 1. The third-order valence-electron chi connectivity index (χ3n) is 4.50. The number of carbonyl (C=O) groups is 1. The SMILES string of the molecule is CC1(S(=O)(=O)N[C@@H](Cc2cccc3ccccc23)C(=O)O)CC1. The van der Waals surface area contributed by atoms with E-state index in [1.807, 2.05) is 42.5 Å². The second-order valence-electron chi connectivity index (χ2n) is 6.30. The van der Waals surface area contributed by atoms with Crippen LogP contribution in [0.25, 0.3) is 10.8 Å². The number of rotatable bonds is 6. The van der Waals surface area contributed by atoms with Crippen LogP contribution in [0.4, 0.5) is 0 Å². The molecule has 1 atom stereocenters. The molecule has 5 nitrogen and oxygen atoms in total. The number of carboxylic acids is 1. The normalized spacial score (nSPS) is 17.8. The fourth-order valence-electron chi connectivity index (χ4n) is 2.64. The van der Waals surface area contributed by atoms with Crippen molar-refractivity contribution in [1.82, 2.24) is 4.72 Å². The van der Waals surface area contributed by atoms with Gasteiger partial charge in [-0.25, -0.2) is 13.1 Å². The van der Waals surface area contributed by atoms with Crippen LogP contribution in [-0.4, -0.2) is 30.3 Å². The molecule has 23 heavy (non-hydrogen) atoms. The van der Waals surface area contributed by atoms with Crippen molar-refractivity contribution in [3.8, 4) is 0 Å². The molecule has 1 saturated carbocycles. The summed E-state index contributed by atoms with van der Waals surface area (Å²) in [5.74, 6) is -1.16. The first kappa shape index (κ1) is 16.0. The van der Waals surface area contributed by atoms with Crippen molar-refractivity contribution in [1.29, 1.82) is 0 Å². The zero-order valence-electron chi connectivity index (χ0n) is 12.8. The van der Waals surface area contributed by atoms with E-state index in [1.165, 1.54) is 0 Å². The Balaban J connectivity index is 1.89. The predicted octanol–water partition coefficient (Wildman–Crippen LogP) is 2.31. The molecule has 1 aliphatic rings. The summed E-state index contributed by atoms with van der Waals surface area (Å²) in [4.78, 5) is 11.5. The number of nitrogens with one attached hydrogen (secondary N) is 1. The predicted molar refractivity (Wildman–Crippen MR) is 88.8 cm³/mol. The van der Waals surface area contributed by atoms with Crippen molar-refractivity contribution in [3.05, 3.63) is 48.0 Å². The minimum Gasteiger partial charge on any atom is -0.480 e. The summed E-state index contributed by atoms with van der Waals surface area (Å²) in [5, 5.41) is 11.4. The zero-order chi connectivity index (χ0) is 16.7. The van der Waals surface area contributed by atoms with E-state index in [-0.39, 0.29) is 6.42 Å².